The second-order valence-electron chi connectivity index (χ2n) is 7.90. The van der Waals surface area contributed by atoms with Crippen LogP contribution in [0.5, 0.6) is 17.2 Å². The summed E-state index contributed by atoms with van der Waals surface area (Å²) in [6, 6.07) is 16.2. The molecule has 164 valence electrons. The van der Waals surface area contributed by atoms with Crippen LogP contribution < -0.4 is 24.0 Å². The zero-order valence-corrected chi connectivity index (χ0v) is 18.4. The Bertz CT molecular complexity index is 982. The fourth-order valence-electron chi connectivity index (χ4n) is 4.27. The molecule has 2 aromatic carbocycles. The minimum Gasteiger partial charge on any atom is -0.493 e. The lowest BCUT2D eigenvalue weighted by Gasteiger charge is -2.29. The molecule has 7 heteroatoms. The summed E-state index contributed by atoms with van der Waals surface area (Å²) in [5.41, 5.74) is 3.22. The summed E-state index contributed by atoms with van der Waals surface area (Å²) >= 11 is 0. The molecule has 1 aromatic heterocycles. The zero-order chi connectivity index (χ0) is 21.6. The normalized spacial score (nSPS) is 18.5. The van der Waals surface area contributed by atoms with E-state index in [-0.39, 0.29) is 0 Å². The molecule has 0 amide bonds. The van der Waals surface area contributed by atoms with Crippen molar-refractivity contribution in [3.05, 3.63) is 59.8 Å². The van der Waals surface area contributed by atoms with Crippen LogP contribution in [0.15, 0.2) is 53.1 Å². The molecule has 0 unspecified atom stereocenters. The van der Waals surface area contributed by atoms with Gasteiger partial charge in [0.05, 0.1) is 26.9 Å². The number of quaternary nitrogens is 2. The fourth-order valence-corrected chi connectivity index (χ4v) is 4.27. The van der Waals surface area contributed by atoms with E-state index in [0.29, 0.717) is 11.5 Å². The maximum atomic E-state index is 5.65. The number of hydrogen-bond donors (Lipinski definition) is 2. The van der Waals surface area contributed by atoms with E-state index in [2.05, 4.69) is 17.3 Å². The Morgan fingerprint density at radius 3 is 2.13 bits per heavy atom. The fraction of sp³-hybridized carbons (Fsp3) is 0.375. The van der Waals surface area contributed by atoms with Gasteiger partial charge in [-0.25, -0.2) is 0 Å². The van der Waals surface area contributed by atoms with Crippen molar-refractivity contribution in [2.24, 2.45) is 0 Å². The maximum absolute atomic E-state index is 5.65. The Morgan fingerprint density at radius 1 is 0.806 bits per heavy atom. The Balaban J connectivity index is 1.34. The Morgan fingerprint density at radius 2 is 1.48 bits per heavy atom. The van der Waals surface area contributed by atoms with Gasteiger partial charge in [-0.2, -0.15) is 0 Å². The SMILES string of the molecule is COc1ccc(C[NH+]2CC[NH+](Cc3cc(-c4ccccc4)on3)CC2)c(OC)c1OC. The van der Waals surface area contributed by atoms with E-state index in [1.165, 1.54) is 4.90 Å². The van der Waals surface area contributed by atoms with Gasteiger partial charge in [-0.05, 0) is 12.1 Å². The molecule has 1 aliphatic heterocycles. The van der Waals surface area contributed by atoms with Crippen LogP contribution in [-0.2, 0) is 13.1 Å². The van der Waals surface area contributed by atoms with Gasteiger partial charge in [-0.1, -0.05) is 35.5 Å². The van der Waals surface area contributed by atoms with Crippen LogP contribution in [0, 0.1) is 0 Å². The third-order valence-electron chi connectivity index (χ3n) is 5.94. The van der Waals surface area contributed by atoms with Crippen molar-refractivity contribution >= 4 is 0 Å². The van der Waals surface area contributed by atoms with Crippen LogP contribution in [0.3, 0.4) is 0 Å². The number of methoxy groups -OCH3 is 3. The first-order valence-electron chi connectivity index (χ1n) is 10.7. The van der Waals surface area contributed by atoms with Gasteiger partial charge in [0.15, 0.2) is 17.3 Å². The van der Waals surface area contributed by atoms with E-state index in [1.54, 1.807) is 26.2 Å². The summed E-state index contributed by atoms with van der Waals surface area (Å²) in [5, 5.41) is 4.29. The van der Waals surface area contributed by atoms with Gasteiger partial charge in [0.25, 0.3) is 0 Å². The molecule has 1 aliphatic rings. The zero-order valence-electron chi connectivity index (χ0n) is 18.4. The van der Waals surface area contributed by atoms with Crippen molar-refractivity contribution in [3.63, 3.8) is 0 Å². The van der Waals surface area contributed by atoms with E-state index < -0.39 is 0 Å². The molecule has 1 saturated heterocycles. The lowest BCUT2D eigenvalue weighted by Crippen LogP contribution is -3.27. The highest BCUT2D eigenvalue weighted by Crippen LogP contribution is 2.39. The third-order valence-corrected chi connectivity index (χ3v) is 5.94. The van der Waals surface area contributed by atoms with Gasteiger partial charge >= 0.3 is 0 Å². The minimum absolute atomic E-state index is 0.659. The molecular weight excluding hydrogens is 394 g/mol. The average molecular weight is 426 g/mol. The smallest absolute Gasteiger partial charge is 0.203 e. The first kappa shape index (κ1) is 21.2. The molecule has 1 fully saturated rings. The summed E-state index contributed by atoms with van der Waals surface area (Å²) in [5.74, 6) is 2.95. The molecule has 2 heterocycles. The predicted octanol–water partition coefficient (Wildman–Crippen LogP) is 0.851. The summed E-state index contributed by atoms with van der Waals surface area (Å²) in [7, 11) is 4.97. The van der Waals surface area contributed by atoms with Crippen molar-refractivity contribution in [3.8, 4) is 28.6 Å². The number of hydrogen-bond acceptors (Lipinski definition) is 5. The molecule has 0 aliphatic carbocycles. The average Bonchev–Trinajstić information content (AvgIpc) is 3.29. The van der Waals surface area contributed by atoms with E-state index in [1.807, 2.05) is 36.4 Å². The number of piperazine rings is 1. The Labute approximate surface area is 183 Å². The summed E-state index contributed by atoms with van der Waals surface area (Å²) in [6.45, 7) is 6.17. The van der Waals surface area contributed by atoms with Gasteiger partial charge in [0.2, 0.25) is 5.75 Å². The molecule has 31 heavy (non-hydrogen) atoms. The molecule has 0 atom stereocenters. The molecule has 0 radical (unpaired) electrons. The van der Waals surface area contributed by atoms with Crippen LogP contribution in [0.25, 0.3) is 11.3 Å². The van der Waals surface area contributed by atoms with Gasteiger partial charge in [0.1, 0.15) is 45.0 Å². The topological polar surface area (TPSA) is 62.6 Å². The molecule has 0 saturated carbocycles. The standard InChI is InChI=1S/C24H29N3O4/c1-28-21-10-9-19(23(29-2)24(21)30-3)16-26-11-13-27(14-12-26)17-20-15-22(31-25-20)18-7-5-4-6-8-18/h4-10,15H,11-14,16-17H2,1-3H3/p+2. The number of rotatable bonds is 8. The third kappa shape index (κ3) is 4.84. The number of nitrogens with zero attached hydrogens (tertiary/aromatic N) is 1. The van der Waals surface area contributed by atoms with Crippen LogP contribution in [0.1, 0.15) is 11.3 Å². The largest absolute Gasteiger partial charge is 0.493 e. The second-order valence-corrected chi connectivity index (χ2v) is 7.90. The highest BCUT2D eigenvalue weighted by Gasteiger charge is 2.26. The molecule has 4 rings (SSSR count). The van der Waals surface area contributed by atoms with Crippen LogP contribution in [-0.4, -0.2) is 52.7 Å². The van der Waals surface area contributed by atoms with Crippen molar-refractivity contribution in [1.82, 2.24) is 5.16 Å². The molecule has 7 nitrogen and oxygen atoms in total. The van der Waals surface area contributed by atoms with Gasteiger partial charge in [0, 0.05) is 11.6 Å². The lowest BCUT2D eigenvalue weighted by molar-refractivity contribution is -1.02. The van der Waals surface area contributed by atoms with Gasteiger partial charge in [-0.15, -0.1) is 0 Å². The van der Waals surface area contributed by atoms with E-state index in [0.717, 1.165) is 67.6 Å². The highest BCUT2D eigenvalue weighted by molar-refractivity contribution is 5.57. The second kappa shape index (κ2) is 9.85. The summed E-state index contributed by atoms with van der Waals surface area (Å²) < 4.78 is 22.1. The van der Waals surface area contributed by atoms with E-state index >= 15 is 0 Å². The van der Waals surface area contributed by atoms with Gasteiger partial charge < -0.3 is 28.5 Å². The lowest BCUT2D eigenvalue weighted by atomic mass is 10.1. The van der Waals surface area contributed by atoms with Crippen LogP contribution in [0.4, 0.5) is 0 Å². The minimum atomic E-state index is 0.659. The number of benzene rings is 2. The summed E-state index contributed by atoms with van der Waals surface area (Å²) in [6.07, 6.45) is 0. The van der Waals surface area contributed by atoms with E-state index in [4.69, 9.17) is 18.7 Å². The molecular formula is C24H31N3O4+2. The highest BCUT2D eigenvalue weighted by atomic mass is 16.5. The first-order chi connectivity index (χ1) is 15.2. The van der Waals surface area contributed by atoms with Crippen molar-refractivity contribution in [2.45, 2.75) is 13.1 Å². The molecule has 0 bridgehead atoms. The van der Waals surface area contributed by atoms with E-state index in [9.17, 15) is 0 Å². The quantitative estimate of drug-likeness (QED) is 0.560. The first-order valence-corrected chi connectivity index (χ1v) is 10.7. The Hall–Kier alpha value is -3.03. The number of nitrogens with one attached hydrogen (secondary N) is 2. The van der Waals surface area contributed by atoms with Crippen molar-refractivity contribution in [1.29, 1.82) is 0 Å². The number of aromatic nitrogens is 1. The molecule has 3 aromatic rings. The van der Waals surface area contributed by atoms with Crippen molar-refractivity contribution in [2.75, 3.05) is 47.5 Å². The molecule has 0 spiro atoms. The van der Waals surface area contributed by atoms with Gasteiger partial charge in [-0.3, -0.25) is 0 Å². The Kier molecular flexibility index (Phi) is 6.74. The summed E-state index contributed by atoms with van der Waals surface area (Å²) in [4.78, 5) is 3.08. The molecule has 2 N–H and O–H groups in total. The maximum Gasteiger partial charge on any atom is 0.203 e. The number of ether oxygens (including phenoxy) is 3. The monoisotopic (exact) mass is 425 g/mol. The predicted molar refractivity (Wildman–Crippen MR) is 117 cm³/mol. The van der Waals surface area contributed by atoms with Crippen LogP contribution >= 0.6 is 0 Å². The van der Waals surface area contributed by atoms with Crippen molar-refractivity contribution < 1.29 is 28.5 Å². The van der Waals surface area contributed by atoms with Crippen LogP contribution in [0.2, 0.25) is 0 Å².